The molecule has 0 aliphatic heterocycles. The number of hydrogen-bond donors (Lipinski definition) is 1. The molecule has 0 heterocycles. The molecule has 3 rings (SSSR count). The van der Waals surface area contributed by atoms with Crippen molar-refractivity contribution in [2.75, 3.05) is 17.4 Å². The number of aryl methyl sites for hydroxylation is 2. The molecule has 1 atom stereocenters. The molecular weight excluding hydrogens is 529 g/mol. The van der Waals surface area contributed by atoms with Gasteiger partial charge in [-0.1, -0.05) is 55.3 Å². The van der Waals surface area contributed by atoms with Gasteiger partial charge in [0.2, 0.25) is 11.8 Å². The van der Waals surface area contributed by atoms with Crippen LogP contribution in [0, 0.1) is 26.6 Å². The van der Waals surface area contributed by atoms with Crippen LogP contribution < -0.4 is 9.62 Å². The van der Waals surface area contributed by atoms with Crippen LogP contribution in [0.25, 0.3) is 0 Å². The molecule has 0 radical (unpaired) electrons. The van der Waals surface area contributed by atoms with Crippen molar-refractivity contribution >= 4 is 27.5 Å². The number of unbranched alkanes of at least 4 members (excludes halogenated alkanes) is 1. The van der Waals surface area contributed by atoms with E-state index in [1.165, 1.54) is 29.2 Å². The molecule has 0 saturated carbocycles. The van der Waals surface area contributed by atoms with E-state index in [1.807, 2.05) is 33.8 Å². The molecule has 0 aliphatic rings. The Balaban J connectivity index is 2.04. The summed E-state index contributed by atoms with van der Waals surface area (Å²) in [5.74, 6) is -1.32. The third kappa shape index (κ3) is 7.47. The van der Waals surface area contributed by atoms with Crippen LogP contribution in [0.1, 0.15) is 48.9 Å². The van der Waals surface area contributed by atoms with Gasteiger partial charge in [-0.15, -0.1) is 0 Å². The second kappa shape index (κ2) is 13.6. The maximum atomic E-state index is 14.0. The molecule has 9 heteroatoms. The Morgan fingerprint density at radius 3 is 2.23 bits per heavy atom. The van der Waals surface area contributed by atoms with Crippen molar-refractivity contribution in [3.63, 3.8) is 0 Å². The fraction of sp³-hybridized carbons (Fsp3) is 0.355. The summed E-state index contributed by atoms with van der Waals surface area (Å²) in [7, 11) is -4.15. The van der Waals surface area contributed by atoms with E-state index < -0.39 is 34.3 Å². The lowest BCUT2D eigenvalue weighted by Crippen LogP contribution is -2.51. The first-order valence-electron chi connectivity index (χ1n) is 13.4. The number of anilines is 1. The van der Waals surface area contributed by atoms with E-state index in [9.17, 15) is 22.4 Å². The Morgan fingerprint density at radius 1 is 0.950 bits per heavy atom. The van der Waals surface area contributed by atoms with Crippen LogP contribution in [0.5, 0.6) is 0 Å². The normalized spacial score (nSPS) is 12.1. The van der Waals surface area contributed by atoms with Crippen LogP contribution in [0.3, 0.4) is 0 Å². The zero-order valence-electron chi connectivity index (χ0n) is 23.8. The molecule has 0 spiro atoms. The fourth-order valence-electron chi connectivity index (χ4n) is 4.26. The van der Waals surface area contributed by atoms with Crippen molar-refractivity contribution in [2.45, 2.75) is 64.9 Å². The minimum atomic E-state index is -4.15. The van der Waals surface area contributed by atoms with Crippen molar-refractivity contribution in [2.24, 2.45) is 0 Å². The molecule has 0 bridgehead atoms. The van der Waals surface area contributed by atoms with Crippen LogP contribution in [0.2, 0.25) is 0 Å². The first kappa shape index (κ1) is 30.8. The van der Waals surface area contributed by atoms with Crippen LogP contribution in [0.4, 0.5) is 10.1 Å². The standard InChI is InChI=1S/C31H38FN3O4S/c1-6-7-19-33-31(37)25(5)34(20-26-13-15-27(32)16-14-26)30(36)21-35(29-10-8-9-23(3)24(29)4)40(38,39)28-17-11-22(2)12-18-28/h8-18,25H,6-7,19-21H2,1-5H3,(H,33,37)/t25-/m1/s1. The Morgan fingerprint density at radius 2 is 1.60 bits per heavy atom. The number of nitrogens with zero attached hydrogens (tertiary/aromatic N) is 2. The first-order valence-corrected chi connectivity index (χ1v) is 14.9. The van der Waals surface area contributed by atoms with Gasteiger partial charge in [0.15, 0.2) is 0 Å². The summed E-state index contributed by atoms with van der Waals surface area (Å²) in [4.78, 5) is 28.4. The summed E-state index contributed by atoms with van der Waals surface area (Å²) in [6.07, 6.45) is 1.69. The summed E-state index contributed by atoms with van der Waals surface area (Å²) in [5, 5.41) is 2.85. The van der Waals surface area contributed by atoms with Gasteiger partial charge in [0.1, 0.15) is 18.4 Å². The third-order valence-corrected chi connectivity index (χ3v) is 8.77. The number of carbonyl (C=O) groups excluding carboxylic acids is 2. The average Bonchev–Trinajstić information content (AvgIpc) is 2.93. The molecule has 0 aliphatic carbocycles. The van der Waals surface area contributed by atoms with E-state index in [1.54, 1.807) is 43.3 Å². The summed E-state index contributed by atoms with van der Waals surface area (Å²) < 4.78 is 42.6. The molecule has 40 heavy (non-hydrogen) atoms. The lowest BCUT2D eigenvalue weighted by molar-refractivity contribution is -0.139. The minimum Gasteiger partial charge on any atom is -0.354 e. The minimum absolute atomic E-state index is 0.00664. The number of amides is 2. The number of sulfonamides is 1. The second-order valence-corrected chi connectivity index (χ2v) is 11.9. The van der Waals surface area contributed by atoms with Crippen LogP contribution in [-0.2, 0) is 26.2 Å². The summed E-state index contributed by atoms with van der Waals surface area (Å²) >= 11 is 0. The number of nitrogens with one attached hydrogen (secondary N) is 1. The highest BCUT2D eigenvalue weighted by molar-refractivity contribution is 7.92. The molecular formula is C31H38FN3O4S. The van der Waals surface area contributed by atoms with E-state index >= 15 is 0 Å². The lowest BCUT2D eigenvalue weighted by atomic mass is 10.1. The van der Waals surface area contributed by atoms with Crippen LogP contribution in [-0.4, -0.2) is 44.3 Å². The lowest BCUT2D eigenvalue weighted by Gasteiger charge is -2.32. The van der Waals surface area contributed by atoms with Gasteiger partial charge < -0.3 is 10.2 Å². The zero-order chi connectivity index (χ0) is 29.4. The SMILES string of the molecule is CCCCNC(=O)[C@@H](C)N(Cc1ccc(F)cc1)C(=O)CN(c1cccc(C)c1C)S(=O)(=O)c1ccc(C)cc1. The predicted octanol–water partition coefficient (Wildman–Crippen LogP) is 5.28. The van der Waals surface area contributed by atoms with Crippen molar-refractivity contribution in [1.82, 2.24) is 10.2 Å². The summed E-state index contributed by atoms with van der Waals surface area (Å²) in [5.41, 5.74) is 3.50. The van der Waals surface area contributed by atoms with Crippen molar-refractivity contribution < 1.29 is 22.4 Å². The molecule has 214 valence electrons. The number of carbonyl (C=O) groups is 2. The Hall–Kier alpha value is -3.72. The van der Waals surface area contributed by atoms with E-state index in [4.69, 9.17) is 0 Å². The fourth-order valence-corrected chi connectivity index (χ4v) is 5.73. The number of halogens is 1. The van der Waals surface area contributed by atoms with E-state index in [0.717, 1.165) is 33.8 Å². The topological polar surface area (TPSA) is 86.8 Å². The second-order valence-electron chi connectivity index (χ2n) is 10.0. The maximum absolute atomic E-state index is 14.0. The molecule has 0 saturated heterocycles. The smallest absolute Gasteiger partial charge is 0.264 e. The highest BCUT2D eigenvalue weighted by Gasteiger charge is 2.33. The van der Waals surface area contributed by atoms with Gasteiger partial charge in [-0.2, -0.15) is 0 Å². The van der Waals surface area contributed by atoms with Gasteiger partial charge >= 0.3 is 0 Å². The first-order chi connectivity index (χ1) is 18.9. The Bertz CT molecular complexity index is 1420. The summed E-state index contributed by atoms with van der Waals surface area (Å²) in [6, 6.07) is 16.5. The number of rotatable bonds is 12. The van der Waals surface area contributed by atoms with Crippen molar-refractivity contribution in [1.29, 1.82) is 0 Å². The quantitative estimate of drug-likeness (QED) is 0.302. The molecule has 7 nitrogen and oxygen atoms in total. The van der Waals surface area contributed by atoms with Gasteiger partial charge in [-0.25, -0.2) is 12.8 Å². The van der Waals surface area contributed by atoms with Gasteiger partial charge in [0, 0.05) is 13.1 Å². The molecule has 1 N–H and O–H groups in total. The monoisotopic (exact) mass is 567 g/mol. The number of benzene rings is 3. The Labute approximate surface area is 237 Å². The van der Waals surface area contributed by atoms with Crippen molar-refractivity contribution in [3.8, 4) is 0 Å². The molecule has 3 aromatic rings. The van der Waals surface area contributed by atoms with Crippen molar-refractivity contribution in [3.05, 3.63) is 94.8 Å². The third-order valence-electron chi connectivity index (χ3n) is 7.00. The van der Waals surface area contributed by atoms with Crippen LogP contribution >= 0.6 is 0 Å². The molecule has 3 aromatic carbocycles. The largest absolute Gasteiger partial charge is 0.354 e. The summed E-state index contributed by atoms with van der Waals surface area (Å²) in [6.45, 7) is 9.13. The van der Waals surface area contributed by atoms with Gasteiger partial charge in [-0.05, 0) is 81.1 Å². The average molecular weight is 568 g/mol. The molecule has 0 fully saturated rings. The molecule has 0 aromatic heterocycles. The highest BCUT2D eigenvalue weighted by Crippen LogP contribution is 2.29. The number of hydrogen-bond acceptors (Lipinski definition) is 4. The maximum Gasteiger partial charge on any atom is 0.264 e. The predicted molar refractivity (Wildman–Crippen MR) is 156 cm³/mol. The molecule has 2 amide bonds. The van der Waals surface area contributed by atoms with E-state index in [2.05, 4.69) is 5.32 Å². The van der Waals surface area contributed by atoms with Gasteiger partial charge in [-0.3, -0.25) is 13.9 Å². The van der Waals surface area contributed by atoms with Gasteiger partial charge in [0.25, 0.3) is 10.0 Å². The van der Waals surface area contributed by atoms with Crippen LogP contribution in [0.15, 0.2) is 71.6 Å². The van der Waals surface area contributed by atoms with E-state index in [-0.39, 0.29) is 17.3 Å². The van der Waals surface area contributed by atoms with Gasteiger partial charge in [0.05, 0.1) is 10.6 Å². The zero-order valence-corrected chi connectivity index (χ0v) is 24.6. The molecule has 0 unspecified atom stereocenters. The highest BCUT2D eigenvalue weighted by atomic mass is 32.2. The van der Waals surface area contributed by atoms with E-state index in [0.29, 0.717) is 17.8 Å². The Kier molecular flexibility index (Phi) is 10.5.